The lowest BCUT2D eigenvalue weighted by Crippen LogP contribution is -2.56. The van der Waals surface area contributed by atoms with Gasteiger partial charge in [0.05, 0.1) is 6.54 Å². The monoisotopic (exact) mass is 199 g/mol. The van der Waals surface area contributed by atoms with Crippen LogP contribution in [-0.4, -0.2) is 42.5 Å². The summed E-state index contributed by atoms with van der Waals surface area (Å²) in [4.78, 5) is 13.6. The van der Waals surface area contributed by atoms with E-state index in [0.29, 0.717) is 19.1 Å². The molecule has 4 heteroatoms. The van der Waals surface area contributed by atoms with Crippen LogP contribution in [0.4, 0.5) is 0 Å². The molecule has 82 valence electrons. The van der Waals surface area contributed by atoms with Gasteiger partial charge in [0.1, 0.15) is 0 Å². The predicted octanol–water partition coefficient (Wildman–Crippen LogP) is -0.0659. The molecule has 0 radical (unpaired) electrons. The van der Waals surface area contributed by atoms with E-state index in [4.69, 9.17) is 5.73 Å². The second kappa shape index (κ2) is 5.32. The van der Waals surface area contributed by atoms with Crippen LogP contribution in [0.3, 0.4) is 0 Å². The van der Waals surface area contributed by atoms with Crippen molar-refractivity contribution in [3.63, 3.8) is 0 Å². The molecule has 1 aliphatic rings. The number of hydrogen-bond acceptors (Lipinski definition) is 3. The van der Waals surface area contributed by atoms with Crippen molar-refractivity contribution in [3.05, 3.63) is 0 Å². The van der Waals surface area contributed by atoms with E-state index in [2.05, 4.69) is 24.1 Å². The topological polar surface area (TPSA) is 58.4 Å². The van der Waals surface area contributed by atoms with Crippen LogP contribution in [0.5, 0.6) is 0 Å². The highest BCUT2D eigenvalue weighted by Gasteiger charge is 2.26. The van der Waals surface area contributed by atoms with Gasteiger partial charge in [0.25, 0.3) is 0 Å². The summed E-state index contributed by atoms with van der Waals surface area (Å²) in [6, 6.07) is 0.733. The lowest BCUT2D eigenvalue weighted by atomic mass is 10.1. The Kier molecular flexibility index (Phi) is 4.35. The smallest absolute Gasteiger partial charge is 0.234 e. The van der Waals surface area contributed by atoms with Crippen LogP contribution >= 0.6 is 0 Å². The molecule has 1 aliphatic heterocycles. The number of carbonyl (C=O) groups is 1. The normalized spacial score (nSPS) is 25.9. The molecule has 0 aromatic carbocycles. The summed E-state index contributed by atoms with van der Waals surface area (Å²) in [5.41, 5.74) is 5.49. The third-order valence-corrected chi connectivity index (χ3v) is 2.90. The van der Waals surface area contributed by atoms with E-state index in [-0.39, 0.29) is 11.9 Å². The first-order valence-electron chi connectivity index (χ1n) is 5.40. The average Bonchev–Trinajstić information content (AvgIpc) is 2.16. The number of amides is 1. The van der Waals surface area contributed by atoms with Gasteiger partial charge in [-0.2, -0.15) is 0 Å². The summed E-state index contributed by atoms with van der Waals surface area (Å²) in [5.74, 6) is 0.134. The van der Waals surface area contributed by atoms with Gasteiger partial charge in [0, 0.05) is 18.6 Å². The number of nitrogens with zero attached hydrogens (tertiary/aromatic N) is 1. The molecule has 0 saturated carbocycles. The second-order valence-corrected chi connectivity index (χ2v) is 4.03. The first-order chi connectivity index (χ1) is 6.67. The summed E-state index contributed by atoms with van der Waals surface area (Å²) in [6.07, 6.45) is 1.96. The molecule has 4 nitrogen and oxygen atoms in total. The fourth-order valence-corrected chi connectivity index (χ4v) is 1.81. The quantitative estimate of drug-likeness (QED) is 0.666. The summed E-state index contributed by atoms with van der Waals surface area (Å²) < 4.78 is 0. The van der Waals surface area contributed by atoms with Crippen LogP contribution < -0.4 is 11.1 Å². The van der Waals surface area contributed by atoms with Gasteiger partial charge in [-0.05, 0) is 26.3 Å². The minimum Gasteiger partial charge on any atom is -0.351 e. The first kappa shape index (κ1) is 11.5. The Bertz CT molecular complexity index is 196. The van der Waals surface area contributed by atoms with E-state index in [0.717, 1.165) is 19.4 Å². The van der Waals surface area contributed by atoms with Gasteiger partial charge in [-0.15, -0.1) is 0 Å². The van der Waals surface area contributed by atoms with Gasteiger partial charge in [-0.1, -0.05) is 6.92 Å². The largest absolute Gasteiger partial charge is 0.351 e. The maximum atomic E-state index is 11.4. The number of carbonyl (C=O) groups excluding carboxylic acids is 1. The van der Waals surface area contributed by atoms with Crippen LogP contribution in [0.1, 0.15) is 26.7 Å². The Balaban J connectivity index is 2.49. The van der Waals surface area contributed by atoms with E-state index in [1.807, 2.05) is 0 Å². The van der Waals surface area contributed by atoms with E-state index in [1.54, 1.807) is 0 Å². The van der Waals surface area contributed by atoms with Crippen molar-refractivity contribution in [1.82, 2.24) is 10.2 Å². The number of nitrogens with one attached hydrogen (secondary N) is 1. The van der Waals surface area contributed by atoms with Crippen molar-refractivity contribution < 1.29 is 4.79 Å². The molecule has 14 heavy (non-hydrogen) atoms. The molecule has 0 spiro atoms. The molecule has 0 aromatic rings. The van der Waals surface area contributed by atoms with Gasteiger partial charge < -0.3 is 11.1 Å². The molecule has 0 bridgehead atoms. The molecular weight excluding hydrogens is 178 g/mol. The Labute approximate surface area is 85.8 Å². The Morgan fingerprint density at radius 1 is 1.71 bits per heavy atom. The number of rotatable bonds is 4. The zero-order chi connectivity index (χ0) is 10.6. The second-order valence-electron chi connectivity index (χ2n) is 4.03. The minimum atomic E-state index is 0.134. The van der Waals surface area contributed by atoms with Crippen LogP contribution in [0.2, 0.25) is 0 Å². The average molecular weight is 199 g/mol. The van der Waals surface area contributed by atoms with Crippen molar-refractivity contribution in [2.75, 3.05) is 19.6 Å². The third-order valence-electron chi connectivity index (χ3n) is 2.90. The molecule has 1 amide bonds. The van der Waals surface area contributed by atoms with Crippen LogP contribution in [0, 0.1) is 0 Å². The van der Waals surface area contributed by atoms with Crippen molar-refractivity contribution in [1.29, 1.82) is 0 Å². The first-order valence-corrected chi connectivity index (χ1v) is 5.40. The SMILES string of the molecule is CCC(C)N1CC(=O)NC(CCN)C1. The minimum absolute atomic E-state index is 0.134. The zero-order valence-electron chi connectivity index (χ0n) is 9.12. The summed E-state index contributed by atoms with van der Waals surface area (Å²) in [6.45, 7) is 6.43. The third kappa shape index (κ3) is 2.96. The Morgan fingerprint density at radius 3 is 3.00 bits per heavy atom. The van der Waals surface area contributed by atoms with Crippen molar-refractivity contribution >= 4 is 5.91 Å². The van der Waals surface area contributed by atoms with Crippen LogP contribution in [-0.2, 0) is 4.79 Å². The number of hydrogen-bond donors (Lipinski definition) is 2. The number of nitrogens with two attached hydrogens (primary N) is 1. The molecule has 2 unspecified atom stereocenters. The molecule has 1 heterocycles. The predicted molar refractivity (Wildman–Crippen MR) is 56.9 cm³/mol. The van der Waals surface area contributed by atoms with Crippen LogP contribution in [0.15, 0.2) is 0 Å². The van der Waals surface area contributed by atoms with Gasteiger partial charge in [0.15, 0.2) is 0 Å². The number of piperazine rings is 1. The highest BCUT2D eigenvalue weighted by Crippen LogP contribution is 2.09. The fourth-order valence-electron chi connectivity index (χ4n) is 1.81. The standard InChI is InChI=1S/C10H21N3O/c1-3-8(2)13-6-9(4-5-11)12-10(14)7-13/h8-9H,3-7,11H2,1-2H3,(H,12,14). The molecule has 1 rings (SSSR count). The highest BCUT2D eigenvalue weighted by molar-refractivity contribution is 5.79. The van der Waals surface area contributed by atoms with Crippen LogP contribution in [0.25, 0.3) is 0 Å². The summed E-state index contributed by atoms with van der Waals surface area (Å²) in [5, 5.41) is 2.97. The summed E-state index contributed by atoms with van der Waals surface area (Å²) in [7, 11) is 0. The lowest BCUT2D eigenvalue weighted by Gasteiger charge is -2.36. The summed E-state index contributed by atoms with van der Waals surface area (Å²) >= 11 is 0. The highest BCUT2D eigenvalue weighted by atomic mass is 16.2. The van der Waals surface area contributed by atoms with E-state index in [1.165, 1.54) is 0 Å². The van der Waals surface area contributed by atoms with Gasteiger partial charge >= 0.3 is 0 Å². The van der Waals surface area contributed by atoms with E-state index >= 15 is 0 Å². The van der Waals surface area contributed by atoms with Crippen molar-refractivity contribution in [2.45, 2.75) is 38.8 Å². The molecule has 0 aliphatic carbocycles. The van der Waals surface area contributed by atoms with E-state index in [9.17, 15) is 4.79 Å². The Hall–Kier alpha value is -0.610. The lowest BCUT2D eigenvalue weighted by molar-refractivity contribution is -0.126. The fraction of sp³-hybridized carbons (Fsp3) is 0.900. The van der Waals surface area contributed by atoms with Gasteiger partial charge in [-0.25, -0.2) is 0 Å². The molecule has 3 N–H and O–H groups in total. The Morgan fingerprint density at radius 2 is 2.43 bits per heavy atom. The molecular formula is C10H21N3O. The van der Waals surface area contributed by atoms with Gasteiger partial charge in [-0.3, -0.25) is 9.69 Å². The molecule has 2 atom stereocenters. The van der Waals surface area contributed by atoms with Crippen molar-refractivity contribution in [3.8, 4) is 0 Å². The molecule has 1 saturated heterocycles. The van der Waals surface area contributed by atoms with Crippen molar-refractivity contribution in [2.24, 2.45) is 5.73 Å². The van der Waals surface area contributed by atoms with Gasteiger partial charge in [0.2, 0.25) is 5.91 Å². The molecule has 0 aromatic heterocycles. The van der Waals surface area contributed by atoms with E-state index < -0.39 is 0 Å². The zero-order valence-corrected chi connectivity index (χ0v) is 9.12. The maximum absolute atomic E-state index is 11.4. The molecule has 1 fully saturated rings. The maximum Gasteiger partial charge on any atom is 0.234 e.